The first-order chi connectivity index (χ1) is 16.9. The van der Waals surface area contributed by atoms with Crippen molar-refractivity contribution in [2.75, 3.05) is 18.4 Å². The lowest BCUT2D eigenvalue weighted by molar-refractivity contribution is -0.135. The standard InChI is InChI=1S/C26H40N6O3S/c1-8-9-19-15-27-24(36-19)30-20-14-17(4)28-22(29-20)18-10-12-32(13-11-18)23(33)21(16(2)3)31-25(34)35-26(5,6)7/h14-16,18,21H,8-13H2,1-7H3,(H,31,34)(H,27,28,29,30)/t21-/m0/s1. The number of hydrogen-bond acceptors (Lipinski definition) is 8. The van der Waals surface area contributed by atoms with E-state index in [1.807, 2.05) is 37.9 Å². The molecule has 0 bridgehead atoms. The van der Waals surface area contributed by atoms with E-state index in [-0.39, 0.29) is 17.7 Å². The minimum absolute atomic E-state index is 0.0554. The molecule has 1 aliphatic heterocycles. The van der Waals surface area contributed by atoms with Crippen LogP contribution in [0.15, 0.2) is 12.3 Å². The molecule has 1 fully saturated rings. The highest BCUT2D eigenvalue weighted by molar-refractivity contribution is 7.15. The zero-order valence-electron chi connectivity index (χ0n) is 22.6. The quantitative estimate of drug-likeness (QED) is 0.497. The van der Waals surface area contributed by atoms with Gasteiger partial charge in [-0.15, -0.1) is 11.3 Å². The molecule has 0 saturated carbocycles. The second-order valence-electron chi connectivity index (χ2n) is 10.7. The molecule has 0 aromatic carbocycles. The molecule has 2 aromatic heterocycles. The van der Waals surface area contributed by atoms with Crippen molar-refractivity contribution >= 4 is 34.3 Å². The van der Waals surface area contributed by atoms with Crippen molar-refractivity contribution in [3.8, 4) is 0 Å². The van der Waals surface area contributed by atoms with Gasteiger partial charge in [0.1, 0.15) is 23.3 Å². The number of aryl methyl sites for hydroxylation is 2. The molecule has 0 spiro atoms. The summed E-state index contributed by atoms with van der Waals surface area (Å²) < 4.78 is 5.36. The average Bonchev–Trinajstić information content (AvgIpc) is 3.22. The van der Waals surface area contributed by atoms with E-state index in [1.165, 1.54) is 4.88 Å². The molecule has 198 valence electrons. The molecule has 9 nitrogen and oxygen atoms in total. The van der Waals surface area contributed by atoms with E-state index in [0.717, 1.165) is 48.2 Å². The Morgan fingerprint density at radius 2 is 1.92 bits per heavy atom. The number of piperidine rings is 1. The Morgan fingerprint density at radius 3 is 2.53 bits per heavy atom. The molecule has 0 aliphatic carbocycles. The number of amides is 2. The number of alkyl carbamates (subject to hydrolysis) is 1. The monoisotopic (exact) mass is 516 g/mol. The minimum atomic E-state index is -0.627. The number of ether oxygens (including phenoxy) is 1. The van der Waals surface area contributed by atoms with Gasteiger partial charge in [-0.25, -0.2) is 19.7 Å². The Labute approximate surface area is 218 Å². The molecule has 36 heavy (non-hydrogen) atoms. The van der Waals surface area contributed by atoms with Crippen LogP contribution in [0, 0.1) is 12.8 Å². The van der Waals surface area contributed by atoms with Crippen LogP contribution in [-0.2, 0) is 16.0 Å². The smallest absolute Gasteiger partial charge is 0.408 e. The molecular formula is C26H40N6O3S. The van der Waals surface area contributed by atoms with E-state index < -0.39 is 17.7 Å². The van der Waals surface area contributed by atoms with Gasteiger partial charge < -0.3 is 20.3 Å². The summed E-state index contributed by atoms with van der Waals surface area (Å²) in [6, 6.07) is 1.30. The van der Waals surface area contributed by atoms with Crippen molar-refractivity contribution in [1.29, 1.82) is 0 Å². The number of carbonyl (C=O) groups excluding carboxylic acids is 2. The number of aromatic nitrogens is 3. The molecule has 3 heterocycles. The maximum Gasteiger partial charge on any atom is 0.408 e. The summed E-state index contributed by atoms with van der Waals surface area (Å²) >= 11 is 1.65. The Bertz CT molecular complexity index is 1040. The zero-order chi connectivity index (χ0) is 26.5. The Morgan fingerprint density at radius 1 is 1.22 bits per heavy atom. The van der Waals surface area contributed by atoms with Crippen LogP contribution in [0.3, 0.4) is 0 Å². The van der Waals surface area contributed by atoms with Crippen molar-refractivity contribution in [2.24, 2.45) is 5.92 Å². The van der Waals surface area contributed by atoms with Gasteiger partial charge in [0.05, 0.1) is 0 Å². The highest BCUT2D eigenvalue weighted by Crippen LogP contribution is 2.29. The Kier molecular flexibility index (Phi) is 9.27. The normalized spacial score (nSPS) is 15.6. The molecule has 2 amide bonds. The minimum Gasteiger partial charge on any atom is -0.444 e. The maximum atomic E-state index is 13.3. The van der Waals surface area contributed by atoms with Crippen LogP contribution in [0.4, 0.5) is 15.7 Å². The topological polar surface area (TPSA) is 109 Å². The van der Waals surface area contributed by atoms with Gasteiger partial charge in [-0.2, -0.15) is 0 Å². The lowest BCUT2D eigenvalue weighted by atomic mass is 9.94. The summed E-state index contributed by atoms with van der Waals surface area (Å²) in [6.07, 6.45) is 5.00. The van der Waals surface area contributed by atoms with Crippen LogP contribution >= 0.6 is 11.3 Å². The first-order valence-corrected chi connectivity index (χ1v) is 13.6. The van der Waals surface area contributed by atoms with Gasteiger partial charge in [0.25, 0.3) is 0 Å². The fourth-order valence-corrected chi connectivity index (χ4v) is 5.10. The van der Waals surface area contributed by atoms with Crippen molar-refractivity contribution in [3.63, 3.8) is 0 Å². The first kappa shape index (κ1) is 27.8. The van der Waals surface area contributed by atoms with Crippen molar-refractivity contribution in [2.45, 2.75) is 91.7 Å². The van der Waals surface area contributed by atoms with Gasteiger partial charge in [0, 0.05) is 41.8 Å². The molecule has 1 aliphatic rings. The third-order valence-electron chi connectivity index (χ3n) is 5.93. The van der Waals surface area contributed by atoms with Crippen LogP contribution in [0.1, 0.15) is 83.1 Å². The first-order valence-electron chi connectivity index (χ1n) is 12.8. The van der Waals surface area contributed by atoms with Crippen molar-refractivity contribution in [1.82, 2.24) is 25.2 Å². The van der Waals surface area contributed by atoms with Gasteiger partial charge in [0.15, 0.2) is 5.13 Å². The summed E-state index contributed by atoms with van der Waals surface area (Å²) in [4.78, 5) is 42.6. The van der Waals surface area contributed by atoms with E-state index >= 15 is 0 Å². The molecule has 0 radical (unpaired) electrons. The summed E-state index contributed by atoms with van der Waals surface area (Å²) in [7, 11) is 0. The molecule has 10 heteroatoms. The number of likely N-dealkylation sites (tertiary alicyclic amines) is 1. The highest BCUT2D eigenvalue weighted by atomic mass is 32.1. The number of nitrogens with zero attached hydrogens (tertiary/aromatic N) is 4. The number of rotatable bonds is 8. The summed E-state index contributed by atoms with van der Waals surface area (Å²) in [5.74, 6) is 1.57. The van der Waals surface area contributed by atoms with Crippen LogP contribution < -0.4 is 10.6 Å². The molecule has 1 saturated heterocycles. The molecule has 2 aromatic rings. The molecule has 0 unspecified atom stereocenters. The second kappa shape index (κ2) is 12.0. The van der Waals surface area contributed by atoms with Gasteiger partial charge in [-0.1, -0.05) is 27.2 Å². The summed E-state index contributed by atoms with van der Waals surface area (Å²) in [6.45, 7) is 14.6. The van der Waals surface area contributed by atoms with Gasteiger partial charge in [0.2, 0.25) is 5.91 Å². The highest BCUT2D eigenvalue weighted by Gasteiger charge is 2.33. The van der Waals surface area contributed by atoms with Crippen LogP contribution in [0.2, 0.25) is 0 Å². The summed E-state index contributed by atoms with van der Waals surface area (Å²) in [5, 5.41) is 6.94. The number of carbonyl (C=O) groups is 2. The third-order valence-corrected chi connectivity index (χ3v) is 6.91. The van der Waals surface area contributed by atoms with Gasteiger partial charge in [-0.05, 0) is 52.9 Å². The van der Waals surface area contributed by atoms with Gasteiger partial charge >= 0.3 is 6.09 Å². The maximum absolute atomic E-state index is 13.3. The fourth-order valence-electron chi connectivity index (χ4n) is 4.18. The molecule has 2 N–H and O–H groups in total. The van der Waals surface area contributed by atoms with Crippen LogP contribution in [-0.4, -0.2) is 56.6 Å². The number of nitrogens with one attached hydrogen (secondary N) is 2. The third kappa shape index (κ3) is 7.88. The number of hydrogen-bond donors (Lipinski definition) is 2. The van der Waals surface area contributed by atoms with E-state index in [1.54, 1.807) is 32.1 Å². The fraction of sp³-hybridized carbons (Fsp3) is 0.654. The lowest BCUT2D eigenvalue weighted by Crippen LogP contribution is -2.53. The SMILES string of the molecule is CCCc1cnc(Nc2cc(C)nc(C3CCN(C(=O)[C@@H](NC(=O)OC(C)(C)C)C(C)C)CC3)n2)s1. The van der Waals surface area contributed by atoms with Crippen LogP contribution in [0.25, 0.3) is 0 Å². The largest absolute Gasteiger partial charge is 0.444 e. The predicted molar refractivity (Wildman–Crippen MR) is 143 cm³/mol. The van der Waals surface area contributed by atoms with Gasteiger partial charge in [-0.3, -0.25) is 4.79 Å². The van der Waals surface area contributed by atoms with Crippen molar-refractivity contribution in [3.05, 3.63) is 28.7 Å². The van der Waals surface area contributed by atoms with Crippen LogP contribution in [0.5, 0.6) is 0 Å². The molecule has 1 atom stereocenters. The number of anilines is 2. The molecular weight excluding hydrogens is 476 g/mol. The number of thiazole rings is 1. The van der Waals surface area contributed by atoms with E-state index in [4.69, 9.17) is 14.7 Å². The second-order valence-corrected chi connectivity index (χ2v) is 11.8. The summed E-state index contributed by atoms with van der Waals surface area (Å²) in [5.41, 5.74) is 0.277. The Balaban J connectivity index is 1.62. The predicted octanol–water partition coefficient (Wildman–Crippen LogP) is 5.19. The van der Waals surface area contributed by atoms with Crippen molar-refractivity contribution < 1.29 is 14.3 Å². The van der Waals surface area contributed by atoms with E-state index in [2.05, 4.69) is 22.5 Å². The van der Waals surface area contributed by atoms with E-state index in [0.29, 0.717) is 13.1 Å². The zero-order valence-corrected chi connectivity index (χ0v) is 23.4. The van der Waals surface area contributed by atoms with E-state index in [9.17, 15) is 9.59 Å². The average molecular weight is 517 g/mol. The Hall–Kier alpha value is -2.75. The molecule has 3 rings (SSSR count). The lowest BCUT2D eigenvalue weighted by Gasteiger charge is -2.35.